The third kappa shape index (κ3) is 9.22. The van der Waals surface area contributed by atoms with E-state index >= 15 is 0 Å². The predicted octanol–water partition coefficient (Wildman–Crippen LogP) is 4.09. The van der Waals surface area contributed by atoms with Crippen LogP contribution >= 0.6 is 11.3 Å². The van der Waals surface area contributed by atoms with Crippen molar-refractivity contribution in [3.8, 4) is 0 Å². The second-order valence-electron chi connectivity index (χ2n) is 15.7. The number of thiazole rings is 1. The van der Waals surface area contributed by atoms with Crippen LogP contribution in [-0.2, 0) is 30.4 Å². The molecule has 3 aliphatic heterocycles. The van der Waals surface area contributed by atoms with Crippen molar-refractivity contribution < 1.29 is 28.8 Å². The van der Waals surface area contributed by atoms with Gasteiger partial charge in [0.2, 0.25) is 29.5 Å². The van der Waals surface area contributed by atoms with Crippen molar-refractivity contribution in [2.45, 2.75) is 129 Å². The van der Waals surface area contributed by atoms with Crippen LogP contribution in [0.25, 0.3) is 0 Å². The van der Waals surface area contributed by atoms with Gasteiger partial charge in [-0.25, -0.2) is 4.98 Å². The number of fused-ring (bicyclic) bond motifs is 4. The first-order valence-electron chi connectivity index (χ1n) is 20.1. The van der Waals surface area contributed by atoms with Gasteiger partial charge in [0.1, 0.15) is 40.9 Å². The molecule has 13 nitrogen and oxygen atoms in total. The third-order valence-electron chi connectivity index (χ3n) is 12.1. The Morgan fingerprint density at radius 1 is 0.709 bits per heavy atom. The summed E-state index contributed by atoms with van der Waals surface area (Å²) in [6.45, 7) is 12.4. The van der Waals surface area contributed by atoms with Crippen LogP contribution in [0.3, 0.4) is 0 Å². The van der Waals surface area contributed by atoms with Gasteiger partial charge in [0.25, 0.3) is 5.91 Å². The highest BCUT2D eigenvalue weighted by molar-refractivity contribution is 7.09. The topological polar surface area (TPSA) is 161 Å². The van der Waals surface area contributed by atoms with Crippen LogP contribution in [0.4, 0.5) is 0 Å². The Kier molecular flexibility index (Phi) is 14.1. The summed E-state index contributed by atoms with van der Waals surface area (Å²) in [6, 6.07) is 4.48. The first-order chi connectivity index (χ1) is 26.3. The Balaban J connectivity index is 1.59. The average Bonchev–Trinajstić information content (AvgIpc) is 4.00. The smallest absolute Gasteiger partial charge is 0.271 e. The summed E-state index contributed by atoms with van der Waals surface area (Å²) in [6.07, 6.45) is 4.20. The van der Waals surface area contributed by atoms with Gasteiger partial charge in [0.05, 0.1) is 6.04 Å². The van der Waals surface area contributed by atoms with Gasteiger partial charge < -0.3 is 30.7 Å². The average molecular weight is 778 g/mol. The van der Waals surface area contributed by atoms with Gasteiger partial charge in [-0.15, -0.1) is 11.3 Å². The van der Waals surface area contributed by atoms with E-state index in [-0.39, 0.29) is 47.6 Å². The summed E-state index contributed by atoms with van der Waals surface area (Å²) in [5.74, 6) is -2.95. The highest BCUT2D eigenvalue weighted by atomic mass is 32.1. The van der Waals surface area contributed by atoms with E-state index in [1.54, 1.807) is 22.2 Å². The number of carbonyl (C=O) groups is 6. The van der Waals surface area contributed by atoms with Crippen LogP contribution in [0.2, 0.25) is 0 Å². The maximum absolute atomic E-state index is 14.7. The SMILES string of the molecule is CC[C@H](C)[C@@H]1NC(=O)c2csc(n2)[C@H]([C@@H](C)CC)NC(=O)[C@@H]2CCCN2C(=O)[C@H]([C@@H](C)CC)NC(=O)[C@@H]2CCCN2C(=O)[C@H](Cc2ccccc2)N(C)C1=O. The molecule has 5 rings (SSSR count). The fourth-order valence-electron chi connectivity index (χ4n) is 7.87. The molecule has 0 spiro atoms. The van der Waals surface area contributed by atoms with E-state index < -0.39 is 54.0 Å². The number of nitrogens with one attached hydrogen (secondary N) is 3. The maximum Gasteiger partial charge on any atom is 0.271 e. The molecular weight excluding hydrogens is 719 g/mol. The molecule has 0 aliphatic carbocycles. The molecular formula is C41H59N7O6S. The molecule has 9 atom stereocenters. The fraction of sp³-hybridized carbons (Fsp3) is 0.634. The molecule has 0 radical (unpaired) electrons. The minimum absolute atomic E-state index is 0.0399. The zero-order valence-electron chi connectivity index (χ0n) is 33.4. The molecule has 300 valence electrons. The van der Waals surface area contributed by atoms with E-state index in [2.05, 4.69) is 16.0 Å². The molecule has 2 saturated heterocycles. The number of hydrogen-bond donors (Lipinski definition) is 3. The van der Waals surface area contributed by atoms with Crippen molar-refractivity contribution in [2.24, 2.45) is 17.8 Å². The number of aromatic nitrogens is 1. The van der Waals surface area contributed by atoms with Gasteiger partial charge in [-0.1, -0.05) is 91.1 Å². The summed E-state index contributed by atoms with van der Waals surface area (Å²) < 4.78 is 0. The fourth-order valence-corrected chi connectivity index (χ4v) is 8.86. The molecule has 55 heavy (non-hydrogen) atoms. The van der Waals surface area contributed by atoms with Gasteiger partial charge in [0.15, 0.2) is 0 Å². The number of rotatable bonds is 8. The molecule has 1 aromatic carbocycles. The van der Waals surface area contributed by atoms with Crippen molar-refractivity contribution >= 4 is 46.8 Å². The zero-order valence-corrected chi connectivity index (χ0v) is 34.2. The van der Waals surface area contributed by atoms with Gasteiger partial charge in [0, 0.05) is 31.9 Å². The van der Waals surface area contributed by atoms with Crippen LogP contribution < -0.4 is 16.0 Å². The van der Waals surface area contributed by atoms with Crippen LogP contribution in [-0.4, -0.2) is 105 Å². The Morgan fingerprint density at radius 3 is 1.78 bits per heavy atom. The minimum Gasteiger partial charge on any atom is -0.345 e. The summed E-state index contributed by atoms with van der Waals surface area (Å²) in [4.78, 5) is 95.1. The Hall–Kier alpha value is -4.33. The minimum atomic E-state index is -0.975. The number of nitrogens with zero attached hydrogens (tertiary/aromatic N) is 4. The Bertz CT molecular complexity index is 1700. The quantitative estimate of drug-likeness (QED) is 0.364. The number of amides is 6. The van der Waals surface area contributed by atoms with E-state index in [0.717, 1.165) is 12.0 Å². The molecule has 0 saturated carbocycles. The lowest BCUT2D eigenvalue weighted by Crippen LogP contribution is -2.60. The van der Waals surface area contributed by atoms with E-state index in [1.807, 2.05) is 71.9 Å². The van der Waals surface area contributed by atoms with Gasteiger partial charge in [-0.3, -0.25) is 28.8 Å². The first kappa shape index (κ1) is 41.8. The Labute approximate surface area is 329 Å². The molecule has 2 bridgehead atoms. The third-order valence-corrected chi connectivity index (χ3v) is 13.1. The normalized spacial score (nSPS) is 27.7. The summed E-state index contributed by atoms with van der Waals surface area (Å²) in [7, 11) is 1.58. The van der Waals surface area contributed by atoms with Gasteiger partial charge in [-0.2, -0.15) is 0 Å². The largest absolute Gasteiger partial charge is 0.345 e. The van der Waals surface area contributed by atoms with Gasteiger partial charge in [-0.05, 0) is 49.0 Å². The van der Waals surface area contributed by atoms with Crippen molar-refractivity contribution in [1.82, 2.24) is 35.6 Å². The van der Waals surface area contributed by atoms with E-state index in [1.165, 1.54) is 16.2 Å². The van der Waals surface area contributed by atoms with E-state index in [9.17, 15) is 28.8 Å². The Morgan fingerprint density at radius 2 is 1.22 bits per heavy atom. The lowest BCUT2D eigenvalue weighted by atomic mass is 9.95. The number of carbonyl (C=O) groups excluding carboxylic acids is 6. The molecule has 3 aliphatic rings. The van der Waals surface area contributed by atoms with Crippen molar-refractivity contribution in [3.63, 3.8) is 0 Å². The van der Waals surface area contributed by atoms with Crippen LogP contribution in [0.15, 0.2) is 35.7 Å². The van der Waals surface area contributed by atoms with Crippen LogP contribution in [0.5, 0.6) is 0 Å². The molecule has 1 aromatic heterocycles. The summed E-state index contributed by atoms with van der Waals surface area (Å²) in [5, 5.41) is 11.3. The lowest BCUT2D eigenvalue weighted by molar-refractivity contribution is -0.149. The molecule has 4 heterocycles. The van der Waals surface area contributed by atoms with Crippen molar-refractivity contribution in [3.05, 3.63) is 52.0 Å². The lowest BCUT2D eigenvalue weighted by Gasteiger charge is -2.37. The number of benzene rings is 1. The maximum atomic E-state index is 14.7. The van der Waals surface area contributed by atoms with E-state index in [0.29, 0.717) is 56.6 Å². The standard InChI is InChI=1S/C41H59N7O6S/c1-8-24(4)32-38-42-28(23-55-38)35(49)44-33(25(5)9-2)40(53)46(7)31(22-27-16-12-11-13-17-27)39(52)47-20-14-18-29(47)37(51)45-34(26(6)10-3)41(54)48-21-15-19-30(48)36(50)43-32/h11-13,16-17,23-26,29-34H,8-10,14-15,18-22H2,1-7H3,(H,43,50)(H,44,49)(H,45,51)/t24-,25-,26-,29-,30-,31-,32-,33-,34-/m0/s1. The zero-order chi connectivity index (χ0) is 40.0. The van der Waals surface area contributed by atoms with Crippen LogP contribution in [0, 0.1) is 17.8 Å². The predicted molar refractivity (Wildman–Crippen MR) is 211 cm³/mol. The van der Waals surface area contributed by atoms with Crippen molar-refractivity contribution in [1.29, 1.82) is 0 Å². The summed E-state index contributed by atoms with van der Waals surface area (Å²) >= 11 is 1.26. The molecule has 6 amide bonds. The number of hydrogen-bond acceptors (Lipinski definition) is 8. The van der Waals surface area contributed by atoms with E-state index in [4.69, 9.17) is 4.98 Å². The molecule has 2 aromatic rings. The molecule has 2 fully saturated rings. The van der Waals surface area contributed by atoms with Gasteiger partial charge >= 0.3 is 0 Å². The first-order valence-corrected chi connectivity index (χ1v) is 21.0. The van der Waals surface area contributed by atoms with Crippen LogP contribution in [0.1, 0.15) is 114 Å². The molecule has 3 N–H and O–H groups in total. The second kappa shape index (κ2) is 18.5. The second-order valence-corrected chi connectivity index (χ2v) is 16.6. The number of likely N-dealkylation sites (N-methyl/N-ethyl adjacent to an activating group) is 1. The molecule has 14 heteroatoms. The molecule has 0 unspecified atom stereocenters. The highest BCUT2D eigenvalue weighted by Gasteiger charge is 2.45. The van der Waals surface area contributed by atoms with Crippen molar-refractivity contribution in [2.75, 3.05) is 20.1 Å². The summed E-state index contributed by atoms with van der Waals surface area (Å²) in [5.41, 5.74) is 0.972. The monoisotopic (exact) mass is 777 g/mol. The highest BCUT2D eigenvalue weighted by Crippen LogP contribution is 2.30.